The largest absolute Gasteiger partial charge is 0.385 e. The molecule has 0 amide bonds. The summed E-state index contributed by atoms with van der Waals surface area (Å²) >= 11 is 4.94. The maximum atomic E-state index is 12.6. The molecular formula is C13H18N4O2S. The molecule has 0 aliphatic rings. The maximum Gasteiger partial charge on any atom is 0.262 e. The molecule has 0 spiro atoms. The Morgan fingerprint density at radius 2 is 2.15 bits per heavy atom. The molecule has 2 aromatic rings. The van der Waals surface area contributed by atoms with Crippen molar-refractivity contribution < 1.29 is 4.74 Å². The highest BCUT2D eigenvalue weighted by atomic mass is 32.1. The molecule has 0 aliphatic carbocycles. The molecule has 0 fully saturated rings. The fraction of sp³-hybridized carbons (Fsp3) is 0.462. The van der Waals surface area contributed by atoms with Crippen molar-refractivity contribution in [3.63, 3.8) is 0 Å². The first-order chi connectivity index (χ1) is 9.54. The molecule has 0 saturated heterocycles. The van der Waals surface area contributed by atoms with Crippen LogP contribution in [0, 0.1) is 18.6 Å². The number of pyridine rings is 1. The number of methoxy groups -OCH3 is 1. The summed E-state index contributed by atoms with van der Waals surface area (Å²) < 4.78 is 7.11. The Bertz CT molecular complexity index is 714. The van der Waals surface area contributed by atoms with Crippen LogP contribution in [0.1, 0.15) is 17.7 Å². The third-order valence-electron chi connectivity index (χ3n) is 3.17. The van der Waals surface area contributed by atoms with Gasteiger partial charge in [-0.2, -0.15) is 4.98 Å². The van der Waals surface area contributed by atoms with Gasteiger partial charge in [0.1, 0.15) is 0 Å². The Morgan fingerprint density at radius 1 is 1.40 bits per heavy atom. The van der Waals surface area contributed by atoms with E-state index in [1.54, 1.807) is 11.7 Å². The lowest BCUT2D eigenvalue weighted by Crippen LogP contribution is -2.25. The van der Waals surface area contributed by atoms with Gasteiger partial charge in [-0.25, -0.2) is 0 Å². The summed E-state index contributed by atoms with van der Waals surface area (Å²) in [4.78, 5) is 16.8. The lowest BCUT2D eigenvalue weighted by molar-refractivity contribution is 0.189. The Labute approximate surface area is 121 Å². The zero-order chi connectivity index (χ0) is 14.7. The molecule has 0 aliphatic heterocycles. The summed E-state index contributed by atoms with van der Waals surface area (Å²) in [6.07, 6.45) is 0.788. The number of aromatic nitrogens is 4. The van der Waals surface area contributed by atoms with Gasteiger partial charge in [0.2, 0.25) is 4.77 Å². The summed E-state index contributed by atoms with van der Waals surface area (Å²) in [5.41, 5.74) is 2.31. The average Bonchev–Trinajstić information content (AvgIpc) is 2.79. The van der Waals surface area contributed by atoms with E-state index in [4.69, 9.17) is 17.0 Å². The van der Waals surface area contributed by atoms with Crippen molar-refractivity contribution in [1.82, 2.24) is 19.7 Å². The Kier molecular flexibility index (Phi) is 4.51. The molecular weight excluding hydrogens is 276 g/mol. The zero-order valence-electron chi connectivity index (χ0n) is 11.8. The van der Waals surface area contributed by atoms with Crippen molar-refractivity contribution >= 4 is 12.2 Å². The van der Waals surface area contributed by atoms with Gasteiger partial charge in [-0.05, 0) is 44.1 Å². The van der Waals surface area contributed by atoms with Crippen molar-refractivity contribution in [3.8, 4) is 11.4 Å². The molecule has 0 unspecified atom stereocenters. The predicted octanol–water partition coefficient (Wildman–Crippen LogP) is 1.95. The van der Waals surface area contributed by atoms with E-state index < -0.39 is 0 Å². The minimum Gasteiger partial charge on any atom is -0.385 e. The highest BCUT2D eigenvalue weighted by Crippen LogP contribution is 2.16. The van der Waals surface area contributed by atoms with E-state index in [1.807, 2.05) is 19.9 Å². The van der Waals surface area contributed by atoms with E-state index in [-0.39, 0.29) is 5.56 Å². The van der Waals surface area contributed by atoms with Crippen LogP contribution in [-0.2, 0) is 11.3 Å². The van der Waals surface area contributed by atoms with Crippen molar-refractivity contribution in [1.29, 1.82) is 0 Å². The van der Waals surface area contributed by atoms with Gasteiger partial charge in [-0.3, -0.25) is 15.0 Å². The van der Waals surface area contributed by atoms with Crippen molar-refractivity contribution in [2.45, 2.75) is 26.8 Å². The average molecular weight is 294 g/mol. The highest BCUT2D eigenvalue weighted by molar-refractivity contribution is 7.71. The normalized spacial score (nSPS) is 10.9. The van der Waals surface area contributed by atoms with Crippen molar-refractivity contribution in [2.75, 3.05) is 13.7 Å². The molecule has 7 heteroatoms. The van der Waals surface area contributed by atoms with Gasteiger partial charge in [-0.15, -0.1) is 0 Å². The zero-order valence-corrected chi connectivity index (χ0v) is 12.6. The number of nitrogens with zero attached hydrogens (tertiary/aromatic N) is 2. The van der Waals surface area contributed by atoms with Crippen LogP contribution in [0.5, 0.6) is 0 Å². The number of nitrogens with one attached hydrogen (secondary N) is 2. The van der Waals surface area contributed by atoms with Crippen LogP contribution in [0.4, 0.5) is 0 Å². The first kappa shape index (κ1) is 14.7. The number of H-pyrrole nitrogens is 2. The SMILES string of the molecule is COCCCn1c(C)cc(C)c(-c2nc(=S)[nH][nH]2)c1=O. The second kappa shape index (κ2) is 6.15. The number of hydrogen-bond acceptors (Lipinski definition) is 4. The molecule has 0 aromatic carbocycles. The second-order valence-electron chi connectivity index (χ2n) is 4.66. The number of aryl methyl sites for hydroxylation is 2. The van der Waals surface area contributed by atoms with Gasteiger partial charge in [0.25, 0.3) is 5.56 Å². The highest BCUT2D eigenvalue weighted by Gasteiger charge is 2.14. The van der Waals surface area contributed by atoms with Crippen molar-refractivity contribution in [3.05, 3.63) is 32.4 Å². The molecule has 6 nitrogen and oxygen atoms in total. The van der Waals surface area contributed by atoms with Crippen LogP contribution in [0.15, 0.2) is 10.9 Å². The Morgan fingerprint density at radius 3 is 2.75 bits per heavy atom. The van der Waals surface area contributed by atoms with E-state index in [1.165, 1.54) is 0 Å². The molecule has 0 radical (unpaired) electrons. The van der Waals surface area contributed by atoms with E-state index in [0.717, 1.165) is 17.7 Å². The lowest BCUT2D eigenvalue weighted by atomic mass is 10.1. The molecule has 2 heterocycles. The fourth-order valence-electron chi connectivity index (χ4n) is 2.25. The summed E-state index contributed by atoms with van der Waals surface area (Å²) in [7, 11) is 1.65. The minimum atomic E-state index is -0.0589. The number of rotatable bonds is 5. The van der Waals surface area contributed by atoms with Gasteiger partial charge in [0.05, 0.1) is 5.56 Å². The lowest BCUT2D eigenvalue weighted by Gasteiger charge is -2.13. The summed E-state index contributed by atoms with van der Waals surface area (Å²) in [6.45, 7) is 5.07. The van der Waals surface area contributed by atoms with Gasteiger partial charge < -0.3 is 9.30 Å². The molecule has 0 bridgehead atoms. The fourth-order valence-corrected chi connectivity index (χ4v) is 2.39. The van der Waals surface area contributed by atoms with Gasteiger partial charge in [0, 0.05) is 26.0 Å². The van der Waals surface area contributed by atoms with Crippen LogP contribution in [-0.4, -0.2) is 33.5 Å². The summed E-state index contributed by atoms with van der Waals surface area (Å²) in [5.74, 6) is 0.484. The predicted molar refractivity (Wildman–Crippen MR) is 79.4 cm³/mol. The number of ether oxygens (including phenoxy) is 1. The van der Waals surface area contributed by atoms with Crippen LogP contribution < -0.4 is 5.56 Å². The standard InChI is InChI=1S/C13H18N4O2S/c1-8-7-9(2)17(5-4-6-19-3)12(18)10(8)11-14-13(20)16-15-11/h7H,4-6H2,1-3H3,(H2,14,15,16,20). The molecule has 2 aromatic heterocycles. The third kappa shape index (κ3) is 2.88. The van der Waals surface area contributed by atoms with Crippen LogP contribution >= 0.6 is 12.2 Å². The summed E-state index contributed by atoms with van der Waals surface area (Å²) in [5, 5.41) is 5.56. The van der Waals surface area contributed by atoms with Gasteiger partial charge in [-0.1, -0.05) is 0 Å². The molecule has 2 rings (SSSR count). The van der Waals surface area contributed by atoms with Crippen LogP contribution in [0.3, 0.4) is 0 Å². The minimum absolute atomic E-state index is 0.0589. The smallest absolute Gasteiger partial charge is 0.262 e. The van der Waals surface area contributed by atoms with Gasteiger partial charge in [0.15, 0.2) is 5.82 Å². The van der Waals surface area contributed by atoms with Crippen LogP contribution in [0.2, 0.25) is 0 Å². The first-order valence-electron chi connectivity index (χ1n) is 6.39. The molecule has 108 valence electrons. The van der Waals surface area contributed by atoms with Crippen LogP contribution in [0.25, 0.3) is 11.4 Å². The van der Waals surface area contributed by atoms with E-state index in [0.29, 0.717) is 29.3 Å². The third-order valence-corrected chi connectivity index (χ3v) is 3.37. The van der Waals surface area contributed by atoms with E-state index >= 15 is 0 Å². The van der Waals surface area contributed by atoms with Crippen molar-refractivity contribution in [2.24, 2.45) is 0 Å². The Hall–Kier alpha value is -1.73. The number of aromatic amines is 2. The topological polar surface area (TPSA) is 75.7 Å². The first-order valence-corrected chi connectivity index (χ1v) is 6.80. The van der Waals surface area contributed by atoms with E-state index in [2.05, 4.69) is 15.2 Å². The van der Waals surface area contributed by atoms with Gasteiger partial charge >= 0.3 is 0 Å². The maximum absolute atomic E-state index is 12.6. The second-order valence-corrected chi connectivity index (χ2v) is 5.05. The quantitative estimate of drug-likeness (QED) is 0.653. The molecule has 2 N–H and O–H groups in total. The molecule has 0 atom stereocenters. The Balaban J connectivity index is 2.50. The summed E-state index contributed by atoms with van der Waals surface area (Å²) in [6, 6.07) is 1.98. The number of hydrogen-bond donors (Lipinski definition) is 2. The monoisotopic (exact) mass is 294 g/mol. The molecule has 0 saturated carbocycles. The van der Waals surface area contributed by atoms with E-state index in [9.17, 15) is 4.79 Å². The molecule has 20 heavy (non-hydrogen) atoms.